The van der Waals surface area contributed by atoms with Crippen LogP contribution in [-0.4, -0.2) is 29.2 Å². The van der Waals surface area contributed by atoms with Crippen LogP contribution in [0.3, 0.4) is 0 Å². The summed E-state index contributed by atoms with van der Waals surface area (Å²) in [6, 6.07) is 4.43. The molecule has 8 heteroatoms. The first-order valence-electron chi connectivity index (χ1n) is 7.53. The molecule has 0 aliphatic carbocycles. The molecule has 0 bridgehead atoms. The Morgan fingerprint density at radius 1 is 1.43 bits per heavy atom. The number of esters is 1. The topological polar surface area (TPSA) is 102 Å². The summed E-state index contributed by atoms with van der Waals surface area (Å²) in [5, 5.41) is 10.3. The highest BCUT2D eigenvalue weighted by Gasteiger charge is 2.45. The molecule has 0 aromatic heterocycles. The molecule has 0 saturated carbocycles. The normalized spacial score (nSPS) is 28.1. The Labute approximate surface area is 134 Å². The number of phenolic OH excluding ortho intramolecular Hbond substituents is 1. The molecule has 1 aliphatic rings. The standard InChI is InChI=1S/C15H21O7P/c1-3-15(9-6-10-21-23(18,19)22-15)13-11(14(17)20-4-2)7-5-8-12(13)16/h5,7-8,16H,3-4,6,9-10H2,1-2H3,(H,18,19). The Balaban J connectivity index is 2.60. The van der Waals surface area contributed by atoms with E-state index in [2.05, 4.69) is 0 Å². The van der Waals surface area contributed by atoms with Gasteiger partial charge < -0.3 is 14.7 Å². The summed E-state index contributed by atoms with van der Waals surface area (Å²) in [5.74, 6) is -0.799. The smallest absolute Gasteiger partial charge is 0.473 e. The van der Waals surface area contributed by atoms with E-state index < -0.39 is 19.4 Å². The summed E-state index contributed by atoms with van der Waals surface area (Å²) >= 11 is 0. The van der Waals surface area contributed by atoms with Gasteiger partial charge in [0, 0.05) is 5.56 Å². The Hall–Kier alpha value is -1.40. The summed E-state index contributed by atoms with van der Waals surface area (Å²) in [5.41, 5.74) is -1.01. The van der Waals surface area contributed by atoms with E-state index in [1.807, 2.05) is 0 Å². The van der Waals surface area contributed by atoms with Crippen LogP contribution >= 0.6 is 7.82 Å². The predicted octanol–water partition coefficient (Wildman–Crippen LogP) is 3.10. The van der Waals surface area contributed by atoms with Crippen LogP contribution in [0.5, 0.6) is 5.75 Å². The molecule has 2 unspecified atom stereocenters. The van der Waals surface area contributed by atoms with Crippen LogP contribution in [-0.2, 0) is 24.0 Å². The third-order valence-corrected chi connectivity index (χ3v) is 4.92. The number of carbonyl (C=O) groups is 1. The highest BCUT2D eigenvalue weighted by atomic mass is 31.2. The van der Waals surface area contributed by atoms with Gasteiger partial charge in [-0.1, -0.05) is 13.0 Å². The summed E-state index contributed by atoms with van der Waals surface area (Å²) in [6.07, 6.45) is 1.07. The molecule has 7 nitrogen and oxygen atoms in total. The second-order valence-electron chi connectivity index (χ2n) is 5.26. The van der Waals surface area contributed by atoms with Gasteiger partial charge in [-0.15, -0.1) is 0 Å². The lowest BCUT2D eigenvalue weighted by atomic mass is 9.83. The lowest BCUT2D eigenvalue weighted by Gasteiger charge is -2.33. The first-order chi connectivity index (χ1) is 10.9. The van der Waals surface area contributed by atoms with Gasteiger partial charge in [0.25, 0.3) is 0 Å². The maximum atomic E-state index is 12.2. The van der Waals surface area contributed by atoms with E-state index in [0.29, 0.717) is 12.8 Å². The van der Waals surface area contributed by atoms with E-state index in [-0.39, 0.29) is 36.5 Å². The number of rotatable bonds is 4. The fourth-order valence-electron chi connectivity index (χ4n) is 2.82. The van der Waals surface area contributed by atoms with Crippen molar-refractivity contribution in [1.82, 2.24) is 0 Å². The second-order valence-corrected chi connectivity index (χ2v) is 6.64. The monoisotopic (exact) mass is 344 g/mol. The number of phosphoric ester groups is 1. The van der Waals surface area contributed by atoms with Crippen molar-refractivity contribution < 1.29 is 33.1 Å². The van der Waals surface area contributed by atoms with Crippen LogP contribution in [0.1, 0.15) is 49.0 Å². The molecule has 128 valence electrons. The Morgan fingerprint density at radius 3 is 2.83 bits per heavy atom. The number of ether oxygens (including phenoxy) is 1. The molecule has 1 saturated heterocycles. The molecule has 2 rings (SSSR count). The van der Waals surface area contributed by atoms with Gasteiger partial charge in [0.2, 0.25) is 0 Å². The Bertz CT molecular complexity index is 630. The molecule has 1 fully saturated rings. The zero-order valence-corrected chi connectivity index (χ0v) is 14.0. The van der Waals surface area contributed by atoms with Gasteiger partial charge in [-0.2, -0.15) is 0 Å². The van der Waals surface area contributed by atoms with E-state index in [0.717, 1.165) is 0 Å². The van der Waals surface area contributed by atoms with Crippen LogP contribution in [0.25, 0.3) is 0 Å². The highest BCUT2D eigenvalue weighted by Crippen LogP contribution is 2.56. The van der Waals surface area contributed by atoms with Crippen LogP contribution in [0.15, 0.2) is 18.2 Å². The number of hydrogen-bond donors (Lipinski definition) is 2. The third-order valence-electron chi connectivity index (χ3n) is 3.83. The summed E-state index contributed by atoms with van der Waals surface area (Å²) in [7, 11) is -4.28. The molecule has 1 aromatic carbocycles. The molecule has 1 aromatic rings. The van der Waals surface area contributed by atoms with Gasteiger partial charge in [0.05, 0.1) is 18.8 Å². The zero-order chi connectivity index (χ0) is 17.1. The van der Waals surface area contributed by atoms with Crippen molar-refractivity contribution in [1.29, 1.82) is 0 Å². The number of aromatic hydroxyl groups is 1. The number of phenols is 1. The largest absolute Gasteiger partial charge is 0.508 e. The first kappa shape index (κ1) is 17.9. The molecule has 2 atom stereocenters. The Morgan fingerprint density at radius 2 is 2.17 bits per heavy atom. The Kier molecular flexibility index (Phi) is 5.47. The van der Waals surface area contributed by atoms with Crippen LogP contribution < -0.4 is 0 Å². The maximum absolute atomic E-state index is 12.2. The quantitative estimate of drug-likeness (QED) is 0.639. The van der Waals surface area contributed by atoms with Crippen molar-refractivity contribution in [2.24, 2.45) is 0 Å². The van der Waals surface area contributed by atoms with E-state index in [1.165, 1.54) is 18.2 Å². The van der Waals surface area contributed by atoms with Crippen LogP contribution in [0.4, 0.5) is 0 Å². The number of carbonyl (C=O) groups excluding carboxylic acids is 1. The van der Waals surface area contributed by atoms with E-state index in [9.17, 15) is 19.4 Å². The van der Waals surface area contributed by atoms with E-state index in [4.69, 9.17) is 13.8 Å². The molecule has 2 N–H and O–H groups in total. The minimum atomic E-state index is -4.28. The molecule has 1 heterocycles. The van der Waals surface area contributed by atoms with Crippen LogP contribution in [0.2, 0.25) is 0 Å². The minimum Gasteiger partial charge on any atom is -0.508 e. The number of benzene rings is 1. The summed E-state index contributed by atoms with van der Waals surface area (Å²) < 4.78 is 27.3. The highest BCUT2D eigenvalue weighted by molar-refractivity contribution is 7.47. The summed E-state index contributed by atoms with van der Waals surface area (Å²) in [4.78, 5) is 22.0. The zero-order valence-electron chi connectivity index (χ0n) is 13.2. The lowest BCUT2D eigenvalue weighted by molar-refractivity contribution is 0.0237. The SMILES string of the molecule is CCOC(=O)c1cccc(O)c1C1(CC)CCCOP(=O)(O)O1. The lowest BCUT2D eigenvalue weighted by Crippen LogP contribution is -2.30. The molecule has 23 heavy (non-hydrogen) atoms. The first-order valence-corrected chi connectivity index (χ1v) is 9.02. The number of hydrogen-bond acceptors (Lipinski definition) is 6. The van der Waals surface area contributed by atoms with Crippen molar-refractivity contribution in [3.63, 3.8) is 0 Å². The summed E-state index contributed by atoms with van der Waals surface area (Å²) in [6.45, 7) is 3.67. The van der Waals surface area contributed by atoms with Gasteiger partial charge in [0.1, 0.15) is 11.4 Å². The molecular weight excluding hydrogens is 323 g/mol. The molecule has 0 radical (unpaired) electrons. The van der Waals surface area contributed by atoms with Gasteiger partial charge in [0.15, 0.2) is 0 Å². The van der Waals surface area contributed by atoms with E-state index in [1.54, 1.807) is 13.8 Å². The molecule has 0 amide bonds. The van der Waals surface area contributed by atoms with Crippen LogP contribution in [0, 0.1) is 0 Å². The van der Waals surface area contributed by atoms with E-state index >= 15 is 0 Å². The molecule has 0 spiro atoms. The molecule has 1 aliphatic heterocycles. The second kappa shape index (κ2) is 7.01. The maximum Gasteiger partial charge on any atom is 0.473 e. The van der Waals surface area contributed by atoms with Crippen molar-refractivity contribution in [2.45, 2.75) is 38.7 Å². The van der Waals surface area contributed by atoms with Crippen molar-refractivity contribution >= 4 is 13.8 Å². The van der Waals surface area contributed by atoms with Gasteiger partial charge in [-0.3, -0.25) is 9.05 Å². The van der Waals surface area contributed by atoms with Gasteiger partial charge >= 0.3 is 13.8 Å². The third kappa shape index (κ3) is 3.75. The average Bonchev–Trinajstić information content (AvgIpc) is 2.65. The van der Waals surface area contributed by atoms with Crippen molar-refractivity contribution in [2.75, 3.05) is 13.2 Å². The average molecular weight is 344 g/mol. The fraction of sp³-hybridized carbons (Fsp3) is 0.533. The van der Waals surface area contributed by atoms with Gasteiger partial charge in [-0.25, -0.2) is 9.36 Å². The predicted molar refractivity (Wildman–Crippen MR) is 82.1 cm³/mol. The molecular formula is C15H21O7P. The van der Waals surface area contributed by atoms with Gasteiger partial charge in [-0.05, 0) is 38.3 Å². The fourth-order valence-corrected chi connectivity index (χ4v) is 3.98. The minimum absolute atomic E-state index is 0.0673. The van der Waals surface area contributed by atoms with Crippen molar-refractivity contribution in [3.8, 4) is 5.75 Å². The van der Waals surface area contributed by atoms with Crippen molar-refractivity contribution in [3.05, 3.63) is 29.3 Å². The number of phosphoric acid groups is 1.